The summed E-state index contributed by atoms with van der Waals surface area (Å²) in [6.45, 7) is 2.02. The van der Waals surface area contributed by atoms with E-state index in [-0.39, 0.29) is 0 Å². The Labute approximate surface area is 118 Å². The molecule has 0 heterocycles. The first-order valence-corrected chi connectivity index (χ1v) is 6.94. The maximum absolute atomic E-state index is 11.1. The van der Waals surface area contributed by atoms with Gasteiger partial charge in [0, 0.05) is 14.3 Å². The van der Waals surface area contributed by atoms with E-state index in [2.05, 4.69) is 15.9 Å². The topological polar surface area (TPSA) is 37.3 Å². The van der Waals surface area contributed by atoms with E-state index in [1.165, 1.54) is 17.3 Å². The zero-order chi connectivity index (χ0) is 13.1. The second kappa shape index (κ2) is 5.59. The van der Waals surface area contributed by atoms with Crippen LogP contribution in [0.15, 0.2) is 56.7 Å². The standard InChI is InChI=1S/C14H11BrO2S/c1-9-2-5-11(6-3-9)18-13-8-10(15)4-7-12(13)14(16)17/h2-8H,1H3,(H,16,17). The Morgan fingerprint density at radius 1 is 1.17 bits per heavy atom. The van der Waals surface area contributed by atoms with Crippen LogP contribution >= 0.6 is 27.7 Å². The van der Waals surface area contributed by atoms with Crippen LogP contribution in [0, 0.1) is 6.92 Å². The molecule has 0 spiro atoms. The van der Waals surface area contributed by atoms with Gasteiger partial charge in [-0.1, -0.05) is 45.4 Å². The number of carboxylic acids is 1. The first kappa shape index (κ1) is 13.2. The fraction of sp³-hybridized carbons (Fsp3) is 0.0714. The van der Waals surface area contributed by atoms with Gasteiger partial charge in [0.15, 0.2) is 0 Å². The van der Waals surface area contributed by atoms with Crippen LogP contribution in [-0.2, 0) is 0 Å². The first-order valence-electron chi connectivity index (χ1n) is 5.33. The summed E-state index contributed by atoms with van der Waals surface area (Å²) >= 11 is 4.82. The van der Waals surface area contributed by atoms with Gasteiger partial charge in [-0.15, -0.1) is 0 Å². The van der Waals surface area contributed by atoms with Crippen molar-refractivity contribution in [3.05, 3.63) is 58.1 Å². The fourth-order valence-corrected chi connectivity index (χ4v) is 2.98. The average molecular weight is 323 g/mol. The Kier molecular flexibility index (Phi) is 4.09. The lowest BCUT2D eigenvalue weighted by Crippen LogP contribution is -1.98. The van der Waals surface area contributed by atoms with Gasteiger partial charge in [-0.05, 0) is 37.3 Å². The maximum atomic E-state index is 11.1. The van der Waals surface area contributed by atoms with Crippen LogP contribution in [0.1, 0.15) is 15.9 Å². The molecule has 0 aliphatic rings. The number of halogens is 1. The smallest absolute Gasteiger partial charge is 0.336 e. The molecule has 0 atom stereocenters. The molecule has 2 nitrogen and oxygen atoms in total. The Hall–Kier alpha value is -1.26. The summed E-state index contributed by atoms with van der Waals surface area (Å²) in [5.41, 5.74) is 1.51. The number of hydrogen-bond donors (Lipinski definition) is 1. The minimum Gasteiger partial charge on any atom is -0.478 e. The van der Waals surface area contributed by atoms with Crippen LogP contribution < -0.4 is 0 Å². The van der Waals surface area contributed by atoms with Crippen molar-refractivity contribution in [3.63, 3.8) is 0 Å². The number of aromatic carboxylic acids is 1. The number of benzene rings is 2. The molecule has 0 saturated carbocycles. The van der Waals surface area contributed by atoms with Gasteiger partial charge in [0.25, 0.3) is 0 Å². The molecule has 2 aromatic rings. The van der Waals surface area contributed by atoms with Crippen molar-refractivity contribution in [1.29, 1.82) is 0 Å². The van der Waals surface area contributed by atoms with Gasteiger partial charge >= 0.3 is 5.97 Å². The summed E-state index contributed by atoms with van der Waals surface area (Å²) < 4.78 is 0.877. The van der Waals surface area contributed by atoms with Gasteiger partial charge < -0.3 is 5.11 Å². The highest BCUT2D eigenvalue weighted by molar-refractivity contribution is 9.10. The van der Waals surface area contributed by atoms with Crippen molar-refractivity contribution in [2.45, 2.75) is 16.7 Å². The van der Waals surface area contributed by atoms with Gasteiger partial charge in [0.1, 0.15) is 0 Å². The quantitative estimate of drug-likeness (QED) is 0.896. The highest BCUT2D eigenvalue weighted by atomic mass is 79.9. The maximum Gasteiger partial charge on any atom is 0.336 e. The average Bonchev–Trinajstić information content (AvgIpc) is 2.32. The van der Waals surface area contributed by atoms with E-state index in [9.17, 15) is 4.79 Å². The van der Waals surface area contributed by atoms with Crippen LogP contribution in [0.5, 0.6) is 0 Å². The van der Waals surface area contributed by atoms with Crippen molar-refractivity contribution in [2.24, 2.45) is 0 Å². The summed E-state index contributed by atoms with van der Waals surface area (Å²) in [7, 11) is 0. The predicted octanol–water partition coefficient (Wildman–Crippen LogP) is 4.61. The second-order valence-corrected chi connectivity index (χ2v) is 5.89. The van der Waals surface area contributed by atoms with E-state index in [1.807, 2.05) is 37.3 Å². The van der Waals surface area contributed by atoms with E-state index in [1.54, 1.807) is 12.1 Å². The van der Waals surface area contributed by atoms with E-state index < -0.39 is 5.97 Å². The molecule has 0 saturated heterocycles. The molecule has 0 aliphatic carbocycles. The van der Waals surface area contributed by atoms with Crippen molar-refractivity contribution in [3.8, 4) is 0 Å². The fourth-order valence-electron chi connectivity index (χ4n) is 1.49. The van der Waals surface area contributed by atoms with Crippen molar-refractivity contribution < 1.29 is 9.90 Å². The Bertz CT molecular complexity index is 579. The third-order valence-electron chi connectivity index (χ3n) is 2.42. The normalized spacial score (nSPS) is 10.3. The lowest BCUT2D eigenvalue weighted by Gasteiger charge is -2.06. The van der Waals surface area contributed by atoms with E-state index in [0.717, 1.165) is 14.3 Å². The zero-order valence-electron chi connectivity index (χ0n) is 9.68. The molecule has 92 valence electrons. The SMILES string of the molecule is Cc1ccc(Sc2cc(Br)ccc2C(=O)O)cc1. The third kappa shape index (κ3) is 3.15. The number of hydrogen-bond acceptors (Lipinski definition) is 2. The molecule has 0 amide bonds. The van der Waals surface area contributed by atoms with Gasteiger partial charge in [0.05, 0.1) is 5.56 Å². The Balaban J connectivity index is 2.35. The summed E-state index contributed by atoms with van der Waals surface area (Å²) in [6, 6.07) is 13.2. The Morgan fingerprint density at radius 3 is 2.44 bits per heavy atom. The molecule has 2 rings (SSSR count). The Morgan fingerprint density at radius 2 is 1.83 bits per heavy atom. The van der Waals surface area contributed by atoms with Gasteiger partial charge in [-0.25, -0.2) is 4.79 Å². The molecule has 1 N–H and O–H groups in total. The molecular formula is C14H11BrO2S. The van der Waals surface area contributed by atoms with Gasteiger partial charge in [0.2, 0.25) is 0 Å². The highest BCUT2D eigenvalue weighted by Crippen LogP contribution is 2.32. The molecule has 18 heavy (non-hydrogen) atoms. The molecule has 0 aliphatic heterocycles. The number of carbonyl (C=O) groups is 1. The molecule has 2 aromatic carbocycles. The lowest BCUT2D eigenvalue weighted by molar-refractivity contribution is 0.0693. The second-order valence-electron chi connectivity index (χ2n) is 3.86. The minimum atomic E-state index is -0.905. The van der Waals surface area contributed by atoms with E-state index in [4.69, 9.17) is 5.11 Å². The van der Waals surface area contributed by atoms with Gasteiger partial charge in [-0.2, -0.15) is 0 Å². The zero-order valence-corrected chi connectivity index (χ0v) is 12.1. The summed E-state index contributed by atoms with van der Waals surface area (Å²) in [6.07, 6.45) is 0. The molecule has 0 fully saturated rings. The van der Waals surface area contributed by atoms with E-state index in [0.29, 0.717) is 5.56 Å². The van der Waals surface area contributed by atoms with Crippen LogP contribution in [0.4, 0.5) is 0 Å². The molecule has 4 heteroatoms. The highest BCUT2D eigenvalue weighted by Gasteiger charge is 2.11. The summed E-state index contributed by atoms with van der Waals surface area (Å²) in [5, 5.41) is 9.15. The monoisotopic (exact) mass is 322 g/mol. The lowest BCUT2D eigenvalue weighted by atomic mass is 10.2. The van der Waals surface area contributed by atoms with Crippen LogP contribution in [0.3, 0.4) is 0 Å². The third-order valence-corrected chi connectivity index (χ3v) is 3.98. The number of rotatable bonds is 3. The molecule has 0 radical (unpaired) electrons. The van der Waals surface area contributed by atoms with E-state index >= 15 is 0 Å². The van der Waals surface area contributed by atoms with Gasteiger partial charge in [-0.3, -0.25) is 0 Å². The summed E-state index contributed by atoms with van der Waals surface area (Å²) in [5.74, 6) is -0.905. The molecular weight excluding hydrogens is 312 g/mol. The van der Waals surface area contributed by atoms with Crippen molar-refractivity contribution >= 4 is 33.7 Å². The van der Waals surface area contributed by atoms with Crippen molar-refractivity contribution in [1.82, 2.24) is 0 Å². The van der Waals surface area contributed by atoms with Crippen LogP contribution in [-0.4, -0.2) is 11.1 Å². The molecule has 0 aromatic heterocycles. The van der Waals surface area contributed by atoms with Crippen molar-refractivity contribution in [2.75, 3.05) is 0 Å². The summed E-state index contributed by atoms with van der Waals surface area (Å²) in [4.78, 5) is 12.9. The molecule has 0 unspecified atom stereocenters. The number of carboxylic acid groups (broad SMARTS) is 1. The minimum absolute atomic E-state index is 0.323. The first-order chi connectivity index (χ1) is 8.56. The largest absolute Gasteiger partial charge is 0.478 e. The predicted molar refractivity (Wildman–Crippen MR) is 76.4 cm³/mol. The molecule has 0 bridgehead atoms. The number of aryl methyl sites for hydroxylation is 1. The van der Waals surface area contributed by atoms with Crippen LogP contribution in [0.2, 0.25) is 0 Å². The van der Waals surface area contributed by atoms with Crippen LogP contribution in [0.25, 0.3) is 0 Å².